The van der Waals surface area contributed by atoms with Gasteiger partial charge in [-0.1, -0.05) is 26.0 Å². The van der Waals surface area contributed by atoms with Crippen LogP contribution in [0.2, 0.25) is 0 Å². The molecular formula is C25H29N3O6S. The number of anilines is 2. The number of amides is 2. The second-order valence-corrected chi connectivity index (χ2v) is 10.7. The van der Waals surface area contributed by atoms with E-state index in [0.717, 1.165) is 17.2 Å². The molecule has 0 bridgehead atoms. The lowest BCUT2D eigenvalue weighted by Gasteiger charge is -2.20. The maximum Gasteiger partial charge on any atom is 0.336 e. The first-order valence-electron chi connectivity index (χ1n) is 11.1. The van der Waals surface area contributed by atoms with Crippen molar-refractivity contribution in [2.75, 3.05) is 16.3 Å². The molecule has 1 aromatic heterocycles. The lowest BCUT2D eigenvalue weighted by Crippen LogP contribution is -2.45. The van der Waals surface area contributed by atoms with Gasteiger partial charge in [0, 0.05) is 28.9 Å². The number of rotatable bonds is 9. The standard InChI is InChI=1S/C25H29N3O6S/c1-15(2)10-21(27-23(29)13-17-6-5-7-19(12-17)28-35(4,32)33)25(31)26-18-8-9-20-16(3)11-24(30)34-22(20)14-18/h5-9,11-12,14-15,21,28H,10,13H2,1-4H3,(H,26,31)(H,27,29)/t21-/m0/s1. The van der Waals surface area contributed by atoms with Gasteiger partial charge in [0.2, 0.25) is 21.8 Å². The lowest BCUT2D eigenvalue weighted by molar-refractivity contribution is -0.126. The normalized spacial score (nSPS) is 12.4. The van der Waals surface area contributed by atoms with E-state index in [1.165, 1.54) is 6.07 Å². The van der Waals surface area contributed by atoms with Crippen LogP contribution in [0, 0.1) is 12.8 Å². The van der Waals surface area contributed by atoms with Crippen molar-refractivity contribution in [2.24, 2.45) is 5.92 Å². The molecule has 2 amide bonds. The van der Waals surface area contributed by atoms with Crippen molar-refractivity contribution in [1.82, 2.24) is 5.32 Å². The smallest absolute Gasteiger partial charge is 0.336 e. The van der Waals surface area contributed by atoms with Crippen LogP contribution in [0.4, 0.5) is 11.4 Å². The third-order valence-corrected chi connectivity index (χ3v) is 5.78. The molecule has 3 N–H and O–H groups in total. The van der Waals surface area contributed by atoms with Crippen LogP contribution in [0.15, 0.2) is 57.7 Å². The van der Waals surface area contributed by atoms with Gasteiger partial charge in [0.05, 0.1) is 12.7 Å². The van der Waals surface area contributed by atoms with E-state index < -0.39 is 27.6 Å². The SMILES string of the molecule is Cc1cc(=O)oc2cc(NC(=O)[C@H](CC(C)C)NC(=O)Cc3cccc(NS(C)(=O)=O)c3)ccc12. The van der Waals surface area contributed by atoms with Gasteiger partial charge in [-0.2, -0.15) is 0 Å². The van der Waals surface area contributed by atoms with Crippen molar-refractivity contribution in [3.05, 3.63) is 70.1 Å². The number of fused-ring (bicyclic) bond motifs is 1. The van der Waals surface area contributed by atoms with Crippen molar-refractivity contribution in [3.8, 4) is 0 Å². The molecule has 10 heteroatoms. The molecule has 2 aromatic carbocycles. The summed E-state index contributed by atoms with van der Waals surface area (Å²) in [5.74, 6) is -0.637. The summed E-state index contributed by atoms with van der Waals surface area (Å²) in [5.41, 5.74) is 2.06. The molecule has 3 aromatic rings. The minimum atomic E-state index is -3.44. The summed E-state index contributed by atoms with van der Waals surface area (Å²) >= 11 is 0. The number of hydrogen-bond acceptors (Lipinski definition) is 6. The second-order valence-electron chi connectivity index (χ2n) is 8.95. The van der Waals surface area contributed by atoms with E-state index in [1.807, 2.05) is 13.8 Å². The zero-order valence-corrected chi connectivity index (χ0v) is 20.9. The van der Waals surface area contributed by atoms with Gasteiger partial charge in [-0.15, -0.1) is 0 Å². The number of aryl methyl sites for hydroxylation is 1. The van der Waals surface area contributed by atoms with Crippen LogP contribution in [-0.2, 0) is 26.0 Å². The van der Waals surface area contributed by atoms with Gasteiger partial charge >= 0.3 is 5.63 Å². The Morgan fingerprint density at radius 3 is 2.46 bits per heavy atom. The fourth-order valence-corrected chi connectivity index (χ4v) is 4.28. The molecule has 186 valence electrons. The van der Waals surface area contributed by atoms with Gasteiger partial charge in [0.1, 0.15) is 11.6 Å². The van der Waals surface area contributed by atoms with Crippen LogP contribution < -0.4 is 21.0 Å². The Morgan fingerprint density at radius 2 is 1.77 bits per heavy atom. The minimum Gasteiger partial charge on any atom is -0.423 e. The number of nitrogens with one attached hydrogen (secondary N) is 3. The molecule has 1 atom stereocenters. The largest absolute Gasteiger partial charge is 0.423 e. The van der Waals surface area contributed by atoms with Crippen molar-refractivity contribution < 1.29 is 22.4 Å². The Labute approximate surface area is 204 Å². The van der Waals surface area contributed by atoms with Crippen molar-refractivity contribution in [2.45, 2.75) is 39.7 Å². The molecule has 0 fully saturated rings. The maximum atomic E-state index is 13.0. The van der Waals surface area contributed by atoms with E-state index in [0.29, 0.717) is 28.9 Å². The molecule has 0 unspecified atom stereocenters. The molecule has 0 aliphatic rings. The minimum absolute atomic E-state index is 0.0262. The van der Waals surface area contributed by atoms with E-state index in [-0.39, 0.29) is 18.2 Å². The van der Waals surface area contributed by atoms with Crippen LogP contribution in [-0.4, -0.2) is 32.5 Å². The molecule has 1 heterocycles. The Balaban J connectivity index is 1.72. The first-order valence-corrected chi connectivity index (χ1v) is 13.0. The fraction of sp³-hybridized carbons (Fsp3) is 0.320. The average molecular weight is 500 g/mol. The highest BCUT2D eigenvalue weighted by Crippen LogP contribution is 2.21. The highest BCUT2D eigenvalue weighted by atomic mass is 32.2. The van der Waals surface area contributed by atoms with Gasteiger partial charge in [-0.05, 0) is 54.7 Å². The Morgan fingerprint density at radius 1 is 1.03 bits per heavy atom. The monoisotopic (exact) mass is 499 g/mol. The zero-order chi connectivity index (χ0) is 25.8. The predicted molar refractivity (Wildman–Crippen MR) is 136 cm³/mol. The van der Waals surface area contributed by atoms with Crippen molar-refractivity contribution >= 4 is 44.2 Å². The zero-order valence-electron chi connectivity index (χ0n) is 20.0. The van der Waals surface area contributed by atoms with Gasteiger partial charge in [0.25, 0.3) is 0 Å². The number of benzene rings is 2. The molecule has 0 saturated carbocycles. The number of sulfonamides is 1. The highest BCUT2D eigenvalue weighted by molar-refractivity contribution is 7.92. The quantitative estimate of drug-likeness (QED) is 0.387. The summed E-state index contributed by atoms with van der Waals surface area (Å²) < 4.78 is 30.5. The molecule has 0 aliphatic carbocycles. The Kier molecular flexibility index (Phi) is 7.96. The summed E-state index contributed by atoms with van der Waals surface area (Å²) in [5, 5.41) is 6.33. The summed E-state index contributed by atoms with van der Waals surface area (Å²) in [7, 11) is -3.44. The molecule has 0 spiro atoms. The average Bonchev–Trinajstić information content (AvgIpc) is 2.71. The van der Waals surface area contributed by atoms with Gasteiger partial charge < -0.3 is 15.1 Å². The molecule has 0 radical (unpaired) electrons. The van der Waals surface area contributed by atoms with Crippen LogP contribution >= 0.6 is 0 Å². The number of carbonyl (C=O) groups excluding carboxylic acids is 2. The second kappa shape index (κ2) is 10.7. The van der Waals surface area contributed by atoms with E-state index in [9.17, 15) is 22.8 Å². The summed E-state index contributed by atoms with van der Waals surface area (Å²) in [6.45, 7) is 5.69. The van der Waals surface area contributed by atoms with Crippen molar-refractivity contribution in [3.63, 3.8) is 0 Å². The van der Waals surface area contributed by atoms with Crippen LogP contribution in [0.1, 0.15) is 31.4 Å². The fourth-order valence-electron chi connectivity index (χ4n) is 3.72. The Bertz CT molecular complexity index is 1410. The van der Waals surface area contributed by atoms with E-state index in [2.05, 4.69) is 15.4 Å². The number of hydrogen-bond donors (Lipinski definition) is 3. The van der Waals surface area contributed by atoms with E-state index >= 15 is 0 Å². The number of carbonyl (C=O) groups is 2. The Hall–Kier alpha value is -3.66. The van der Waals surface area contributed by atoms with Crippen LogP contribution in [0.25, 0.3) is 11.0 Å². The molecule has 9 nitrogen and oxygen atoms in total. The third kappa shape index (κ3) is 7.68. The van der Waals surface area contributed by atoms with Crippen molar-refractivity contribution in [1.29, 1.82) is 0 Å². The van der Waals surface area contributed by atoms with Crippen LogP contribution in [0.3, 0.4) is 0 Å². The van der Waals surface area contributed by atoms with Crippen LogP contribution in [0.5, 0.6) is 0 Å². The molecule has 35 heavy (non-hydrogen) atoms. The summed E-state index contributed by atoms with van der Waals surface area (Å²) in [6, 6.07) is 12.2. The van der Waals surface area contributed by atoms with E-state index in [1.54, 1.807) is 49.4 Å². The highest BCUT2D eigenvalue weighted by Gasteiger charge is 2.22. The summed E-state index contributed by atoms with van der Waals surface area (Å²) in [6.07, 6.45) is 1.43. The molecular weight excluding hydrogens is 470 g/mol. The summed E-state index contributed by atoms with van der Waals surface area (Å²) in [4.78, 5) is 37.4. The first kappa shape index (κ1) is 26.0. The topological polar surface area (TPSA) is 135 Å². The molecule has 0 saturated heterocycles. The maximum absolute atomic E-state index is 13.0. The molecule has 0 aliphatic heterocycles. The third-order valence-electron chi connectivity index (χ3n) is 5.17. The first-order chi connectivity index (χ1) is 16.4. The molecule has 3 rings (SSSR count). The predicted octanol–water partition coefficient (Wildman–Crippen LogP) is 3.19. The van der Waals surface area contributed by atoms with Gasteiger partial charge in [0.15, 0.2) is 0 Å². The van der Waals surface area contributed by atoms with E-state index in [4.69, 9.17) is 4.42 Å². The van der Waals surface area contributed by atoms with Gasteiger partial charge in [-0.25, -0.2) is 13.2 Å². The lowest BCUT2D eigenvalue weighted by atomic mass is 10.0. The van der Waals surface area contributed by atoms with Gasteiger partial charge in [-0.3, -0.25) is 14.3 Å².